The van der Waals surface area contributed by atoms with E-state index in [0.717, 1.165) is 28.6 Å². The van der Waals surface area contributed by atoms with Gasteiger partial charge in [0.05, 0.1) is 0 Å². The molecule has 0 fully saturated rings. The highest BCUT2D eigenvalue weighted by Gasteiger charge is 2.09. The van der Waals surface area contributed by atoms with Gasteiger partial charge in [0, 0.05) is 22.6 Å². The van der Waals surface area contributed by atoms with Gasteiger partial charge in [-0.2, -0.15) is 0 Å². The molecule has 1 atom stereocenters. The summed E-state index contributed by atoms with van der Waals surface area (Å²) in [4.78, 5) is 12.0. The van der Waals surface area contributed by atoms with Crippen molar-refractivity contribution >= 4 is 39.9 Å². The van der Waals surface area contributed by atoms with E-state index in [2.05, 4.69) is 33.4 Å². The zero-order valence-corrected chi connectivity index (χ0v) is 16.2. The van der Waals surface area contributed by atoms with Crippen molar-refractivity contribution in [1.29, 1.82) is 0 Å². The van der Waals surface area contributed by atoms with Crippen molar-refractivity contribution in [2.24, 2.45) is 0 Å². The number of nitrogens with one attached hydrogen (secondary N) is 1. The van der Waals surface area contributed by atoms with E-state index in [1.807, 2.05) is 43.3 Å². The van der Waals surface area contributed by atoms with E-state index < -0.39 is 0 Å². The molecule has 3 N–H and O–H groups in total. The Balaban J connectivity index is 0.00000288. The Morgan fingerprint density at radius 3 is 2.46 bits per heavy atom. The predicted molar refractivity (Wildman–Crippen MR) is 106 cm³/mol. The number of benzene rings is 2. The first-order valence-electron chi connectivity index (χ1n) is 7.92. The molecule has 0 heterocycles. The first-order valence-corrected chi connectivity index (χ1v) is 8.71. The molecule has 0 bridgehead atoms. The second-order valence-corrected chi connectivity index (χ2v) is 6.75. The number of carbonyl (C=O) groups is 1. The summed E-state index contributed by atoms with van der Waals surface area (Å²) >= 11 is 3.43. The topological polar surface area (TPSA) is 55.1 Å². The van der Waals surface area contributed by atoms with E-state index in [-0.39, 0.29) is 24.4 Å². The Hall–Kier alpha value is -1.52. The lowest BCUT2D eigenvalue weighted by Crippen LogP contribution is -2.33. The third-order valence-corrected chi connectivity index (χ3v) is 4.39. The second kappa shape index (κ2) is 10.4. The van der Waals surface area contributed by atoms with Gasteiger partial charge in [-0.1, -0.05) is 46.3 Å². The van der Waals surface area contributed by atoms with Crippen LogP contribution in [0.4, 0.5) is 5.69 Å². The molecule has 1 amide bonds. The van der Waals surface area contributed by atoms with Gasteiger partial charge in [0.15, 0.2) is 0 Å². The molecule has 2 rings (SSSR count). The fourth-order valence-electron chi connectivity index (χ4n) is 2.46. The largest absolute Gasteiger partial charge is 0.399 e. The Morgan fingerprint density at radius 2 is 1.79 bits per heavy atom. The number of aryl methyl sites for hydroxylation is 2. The van der Waals surface area contributed by atoms with E-state index in [1.54, 1.807) is 0 Å². The highest BCUT2D eigenvalue weighted by atomic mass is 79.9. The molecular weight excluding hydrogens is 388 g/mol. The van der Waals surface area contributed by atoms with Crippen LogP contribution in [0.2, 0.25) is 0 Å². The van der Waals surface area contributed by atoms with E-state index >= 15 is 0 Å². The Morgan fingerprint density at radius 1 is 1.12 bits per heavy atom. The van der Waals surface area contributed by atoms with Gasteiger partial charge in [-0.3, -0.25) is 4.79 Å². The van der Waals surface area contributed by atoms with E-state index in [4.69, 9.17) is 5.73 Å². The minimum Gasteiger partial charge on any atom is -0.399 e. The molecule has 0 saturated heterocycles. The average Bonchev–Trinajstić information content (AvgIpc) is 2.53. The smallest absolute Gasteiger partial charge is 0.220 e. The molecule has 3 nitrogen and oxygen atoms in total. The number of carbonyl (C=O) groups excluding carboxylic acids is 1. The molecule has 0 saturated carbocycles. The van der Waals surface area contributed by atoms with Crippen molar-refractivity contribution in [2.45, 2.75) is 38.6 Å². The molecule has 2 aromatic rings. The highest BCUT2D eigenvalue weighted by Crippen LogP contribution is 2.14. The van der Waals surface area contributed by atoms with Crippen LogP contribution < -0.4 is 11.1 Å². The van der Waals surface area contributed by atoms with Crippen LogP contribution in [-0.4, -0.2) is 11.9 Å². The first kappa shape index (κ1) is 20.5. The lowest BCUT2D eigenvalue weighted by atomic mass is 10.1. The number of hydrogen-bond acceptors (Lipinski definition) is 2. The molecule has 2 aromatic carbocycles. The molecule has 1 unspecified atom stereocenters. The maximum atomic E-state index is 12.0. The van der Waals surface area contributed by atoms with Crippen molar-refractivity contribution < 1.29 is 4.79 Å². The molecule has 130 valence electrons. The fourth-order valence-corrected chi connectivity index (χ4v) is 2.73. The van der Waals surface area contributed by atoms with Crippen LogP contribution in [0, 0.1) is 0 Å². The van der Waals surface area contributed by atoms with Crippen LogP contribution in [-0.2, 0) is 17.6 Å². The van der Waals surface area contributed by atoms with E-state index in [1.165, 1.54) is 5.56 Å². The van der Waals surface area contributed by atoms with Gasteiger partial charge >= 0.3 is 0 Å². The zero-order chi connectivity index (χ0) is 16.7. The molecule has 24 heavy (non-hydrogen) atoms. The maximum absolute atomic E-state index is 12.0. The maximum Gasteiger partial charge on any atom is 0.220 e. The number of nitrogen functional groups attached to an aromatic ring is 1. The normalized spacial score (nSPS) is 11.4. The van der Waals surface area contributed by atoms with E-state index in [0.29, 0.717) is 12.8 Å². The van der Waals surface area contributed by atoms with Gasteiger partial charge in [-0.25, -0.2) is 0 Å². The molecule has 0 aliphatic heterocycles. The molecule has 0 spiro atoms. The summed E-state index contributed by atoms with van der Waals surface area (Å²) in [5, 5.41) is 3.06. The summed E-state index contributed by atoms with van der Waals surface area (Å²) in [6, 6.07) is 16.2. The number of para-hydroxylation sites is 1. The number of anilines is 1. The van der Waals surface area contributed by atoms with Crippen molar-refractivity contribution in [3.63, 3.8) is 0 Å². The Labute approximate surface area is 158 Å². The van der Waals surface area contributed by atoms with Crippen molar-refractivity contribution in [2.75, 3.05) is 5.73 Å². The van der Waals surface area contributed by atoms with Crippen LogP contribution in [0.15, 0.2) is 53.0 Å². The number of hydrogen-bond donors (Lipinski definition) is 2. The molecular formula is C19H24BrClN2O. The standard InChI is InChI=1S/C19H23BrN2O.ClH/c1-14(6-7-15-8-11-17(20)12-9-15)22-19(23)13-10-16-4-2-3-5-18(16)21;/h2-5,8-9,11-12,14H,6-7,10,13,21H2,1H3,(H,22,23);1H. The molecule has 0 radical (unpaired) electrons. The van der Waals surface area contributed by atoms with E-state index in [9.17, 15) is 4.79 Å². The number of rotatable bonds is 7. The van der Waals surface area contributed by atoms with Gasteiger partial charge in [-0.05, 0) is 55.5 Å². The van der Waals surface area contributed by atoms with Crippen LogP contribution >= 0.6 is 28.3 Å². The Bertz CT molecular complexity index is 646. The van der Waals surface area contributed by atoms with Crippen molar-refractivity contribution in [3.8, 4) is 0 Å². The lowest BCUT2D eigenvalue weighted by molar-refractivity contribution is -0.121. The van der Waals surface area contributed by atoms with Crippen LogP contribution in [0.3, 0.4) is 0 Å². The van der Waals surface area contributed by atoms with Gasteiger partial charge < -0.3 is 11.1 Å². The van der Waals surface area contributed by atoms with Crippen LogP contribution in [0.25, 0.3) is 0 Å². The van der Waals surface area contributed by atoms with Crippen molar-refractivity contribution in [3.05, 3.63) is 64.1 Å². The number of halogens is 2. The zero-order valence-electron chi connectivity index (χ0n) is 13.8. The average molecular weight is 412 g/mol. The molecule has 0 aromatic heterocycles. The molecule has 0 aliphatic carbocycles. The van der Waals surface area contributed by atoms with Gasteiger partial charge in [-0.15, -0.1) is 12.4 Å². The molecule has 0 aliphatic rings. The van der Waals surface area contributed by atoms with Gasteiger partial charge in [0.1, 0.15) is 0 Å². The summed E-state index contributed by atoms with van der Waals surface area (Å²) in [7, 11) is 0. The SMILES string of the molecule is CC(CCc1ccc(Br)cc1)NC(=O)CCc1ccccc1N.Cl. The lowest BCUT2D eigenvalue weighted by Gasteiger charge is -2.14. The summed E-state index contributed by atoms with van der Waals surface area (Å²) in [5.41, 5.74) is 8.97. The first-order chi connectivity index (χ1) is 11.0. The minimum absolute atomic E-state index is 0. The van der Waals surface area contributed by atoms with Gasteiger partial charge in [0.25, 0.3) is 0 Å². The van der Waals surface area contributed by atoms with Crippen LogP contribution in [0.1, 0.15) is 30.9 Å². The summed E-state index contributed by atoms with van der Waals surface area (Å²) < 4.78 is 1.09. The Kier molecular flexibility index (Phi) is 8.87. The van der Waals surface area contributed by atoms with Crippen LogP contribution in [0.5, 0.6) is 0 Å². The van der Waals surface area contributed by atoms with Crippen molar-refractivity contribution in [1.82, 2.24) is 5.32 Å². The number of nitrogens with two attached hydrogens (primary N) is 1. The number of amides is 1. The third kappa shape index (κ3) is 6.93. The fraction of sp³-hybridized carbons (Fsp3) is 0.316. The third-order valence-electron chi connectivity index (χ3n) is 3.86. The predicted octanol–water partition coefficient (Wildman–Crippen LogP) is 4.52. The monoisotopic (exact) mass is 410 g/mol. The van der Waals surface area contributed by atoms with Gasteiger partial charge in [0.2, 0.25) is 5.91 Å². The second-order valence-electron chi connectivity index (χ2n) is 5.83. The summed E-state index contributed by atoms with van der Waals surface area (Å²) in [6.07, 6.45) is 3.04. The highest BCUT2D eigenvalue weighted by molar-refractivity contribution is 9.10. The molecule has 5 heteroatoms. The quantitative estimate of drug-likeness (QED) is 0.658. The summed E-state index contributed by atoms with van der Waals surface area (Å²) in [5.74, 6) is 0.0801. The minimum atomic E-state index is 0. The summed E-state index contributed by atoms with van der Waals surface area (Å²) in [6.45, 7) is 2.05.